The molecule has 4 rings (SSSR count). The topological polar surface area (TPSA) is 126 Å². The molecule has 1 fully saturated rings. The quantitative estimate of drug-likeness (QED) is 0.350. The van der Waals surface area contributed by atoms with Crippen LogP contribution in [0.15, 0.2) is 59.5 Å². The fraction of sp³-hybridized carbons (Fsp3) is 0.333. The Hall–Kier alpha value is -3.25. The average Bonchev–Trinajstić information content (AvgIpc) is 3.32. The van der Waals surface area contributed by atoms with Crippen molar-refractivity contribution in [2.45, 2.75) is 11.3 Å². The van der Waals surface area contributed by atoms with Crippen LogP contribution in [0.5, 0.6) is 5.75 Å². The summed E-state index contributed by atoms with van der Waals surface area (Å²) in [6.07, 6.45) is 0.715. The molecule has 35 heavy (non-hydrogen) atoms. The monoisotopic (exact) mass is 500 g/mol. The smallest absolute Gasteiger partial charge is 0.358 e. The molecule has 2 N–H and O–H groups in total. The van der Waals surface area contributed by atoms with Crippen molar-refractivity contribution in [3.05, 3.63) is 60.3 Å². The lowest BCUT2D eigenvalue weighted by Crippen LogP contribution is -2.37. The number of hydrogen-bond donors (Lipinski definition) is 1. The van der Waals surface area contributed by atoms with E-state index < -0.39 is 16.0 Å². The Kier molecular flexibility index (Phi) is 7.81. The summed E-state index contributed by atoms with van der Waals surface area (Å²) < 4.78 is 40.9. The van der Waals surface area contributed by atoms with Crippen molar-refractivity contribution >= 4 is 16.0 Å². The molecule has 0 aliphatic carbocycles. The normalized spacial score (nSPS) is 14.6. The number of esters is 1. The van der Waals surface area contributed by atoms with Gasteiger partial charge in [-0.3, -0.25) is 4.90 Å². The highest BCUT2D eigenvalue weighted by molar-refractivity contribution is 7.89. The first-order valence-corrected chi connectivity index (χ1v) is 12.7. The van der Waals surface area contributed by atoms with Crippen molar-refractivity contribution in [2.75, 3.05) is 46.6 Å². The first-order valence-electron chi connectivity index (χ1n) is 11.2. The summed E-state index contributed by atoms with van der Waals surface area (Å²) >= 11 is 0. The number of nitrogens with two attached hydrogens (primary N) is 1. The maximum atomic E-state index is 12.8. The van der Waals surface area contributed by atoms with Crippen molar-refractivity contribution in [1.82, 2.24) is 14.7 Å². The van der Waals surface area contributed by atoms with Gasteiger partial charge in [0.1, 0.15) is 5.75 Å². The zero-order valence-electron chi connectivity index (χ0n) is 19.4. The minimum absolute atomic E-state index is 0.0145. The van der Waals surface area contributed by atoms with E-state index in [0.29, 0.717) is 23.6 Å². The standard InChI is InChI=1S/C24H28N4O6S/c1-32-20-7-3-18(4-8-20)23-17-22(24(29)34-14-2-11-27-12-15-33-16-13-27)26-28(23)19-5-9-21(10-6-19)35(25,30)31/h3-10,17H,2,11-16H2,1H3,(H2,25,30,31). The maximum Gasteiger partial charge on any atom is 0.358 e. The zero-order chi connectivity index (χ0) is 24.8. The number of sulfonamides is 1. The Labute approximate surface area is 204 Å². The summed E-state index contributed by atoms with van der Waals surface area (Å²) in [7, 11) is -2.25. The van der Waals surface area contributed by atoms with Gasteiger partial charge >= 0.3 is 5.97 Å². The van der Waals surface area contributed by atoms with Crippen molar-refractivity contribution in [3.8, 4) is 22.7 Å². The summed E-state index contributed by atoms with van der Waals surface area (Å²) in [6.45, 7) is 4.33. The van der Waals surface area contributed by atoms with E-state index in [1.54, 1.807) is 42.1 Å². The third kappa shape index (κ3) is 6.25. The molecular weight excluding hydrogens is 472 g/mol. The number of carbonyl (C=O) groups excluding carboxylic acids is 1. The molecule has 1 saturated heterocycles. The van der Waals surface area contributed by atoms with E-state index in [4.69, 9.17) is 19.3 Å². The SMILES string of the molecule is COc1ccc(-c2cc(C(=O)OCCCN3CCOCC3)nn2-c2ccc(S(N)(=O)=O)cc2)cc1. The molecule has 1 aliphatic heterocycles. The predicted octanol–water partition coefficient (Wildman–Crippen LogP) is 2.07. The largest absolute Gasteiger partial charge is 0.497 e. The Bertz CT molecular complexity index is 1250. The van der Waals surface area contributed by atoms with Gasteiger partial charge in [-0.05, 0) is 61.0 Å². The van der Waals surface area contributed by atoms with E-state index in [1.165, 1.54) is 12.1 Å². The van der Waals surface area contributed by atoms with Gasteiger partial charge in [-0.2, -0.15) is 5.10 Å². The zero-order valence-corrected chi connectivity index (χ0v) is 20.2. The number of ether oxygens (including phenoxy) is 3. The number of aromatic nitrogens is 2. The van der Waals surface area contributed by atoms with E-state index in [-0.39, 0.29) is 17.2 Å². The molecule has 1 aromatic heterocycles. The van der Waals surface area contributed by atoms with Crippen molar-refractivity contribution < 1.29 is 27.4 Å². The molecule has 2 heterocycles. The Morgan fingerprint density at radius 2 is 1.77 bits per heavy atom. The second-order valence-electron chi connectivity index (χ2n) is 8.04. The van der Waals surface area contributed by atoms with Crippen LogP contribution in [0.4, 0.5) is 0 Å². The number of carbonyl (C=O) groups is 1. The average molecular weight is 501 g/mol. The molecule has 0 saturated carbocycles. The van der Waals surface area contributed by atoms with Crippen LogP contribution in [0.25, 0.3) is 16.9 Å². The molecule has 0 radical (unpaired) electrons. The number of rotatable bonds is 9. The Morgan fingerprint density at radius 3 is 2.40 bits per heavy atom. The number of nitrogens with zero attached hydrogens (tertiary/aromatic N) is 3. The van der Waals surface area contributed by atoms with Gasteiger partial charge in [0.25, 0.3) is 0 Å². The highest BCUT2D eigenvalue weighted by atomic mass is 32.2. The summed E-state index contributed by atoms with van der Waals surface area (Å²) in [5.41, 5.74) is 2.14. The molecule has 1 aliphatic rings. The van der Waals surface area contributed by atoms with Crippen LogP contribution in [0.3, 0.4) is 0 Å². The van der Waals surface area contributed by atoms with Crippen molar-refractivity contribution in [3.63, 3.8) is 0 Å². The molecule has 10 nitrogen and oxygen atoms in total. The van der Waals surface area contributed by atoms with Gasteiger partial charge in [0.15, 0.2) is 5.69 Å². The molecule has 0 unspecified atom stereocenters. The molecule has 0 bridgehead atoms. The summed E-state index contributed by atoms with van der Waals surface area (Å²) in [4.78, 5) is 15.0. The van der Waals surface area contributed by atoms with E-state index in [1.807, 2.05) is 12.1 Å². The Morgan fingerprint density at radius 1 is 1.09 bits per heavy atom. The van der Waals surface area contributed by atoms with Crippen LogP contribution in [-0.2, 0) is 19.5 Å². The summed E-state index contributed by atoms with van der Waals surface area (Å²) in [6, 6.07) is 14.9. The second-order valence-corrected chi connectivity index (χ2v) is 9.60. The minimum Gasteiger partial charge on any atom is -0.497 e. The lowest BCUT2D eigenvalue weighted by atomic mass is 10.1. The van der Waals surface area contributed by atoms with Gasteiger partial charge < -0.3 is 14.2 Å². The predicted molar refractivity (Wildman–Crippen MR) is 129 cm³/mol. The molecule has 0 atom stereocenters. The molecule has 11 heteroatoms. The fourth-order valence-electron chi connectivity index (χ4n) is 3.77. The van der Waals surface area contributed by atoms with E-state index >= 15 is 0 Å². The minimum atomic E-state index is -3.83. The van der Waals surface area contributed by atoms with Gasteiger partial charge in [-0.15, -0.1) is 0 Å². The molecule has 2 aromatic carbocycles. The molecule has 0 amide bonds. The van der Waals surface area contributed by atoms with Crippen LogP contribution in [0.2, 0.25) is 0 Å². The first-order chi connectivity index (χ1) is 16.8. The first kappa shape index (κ1) is 24.9. The van der Waals surface area contributed by atoms with Crippen LogP contribution in [0, 0.1) is 0 Å². The third-order valence-corrected chi connectivity index (χ3v) is 6.60. The van der Waals surface area contributed by atoms with Gasteiger partial charge in [-0.25, -0.2) is 23.0 Å². The van der Waals surface area contributed by atoms with E-state index in [0.717, 1.165) is 38.4 Å². The highest BCUT2D eigenvalue weighted by Crippen LogP contribution is 2.27. The number of methoxy groups -OCH3 is 1. The lowest BCUT2D eigenvalue weighted by Gasteiger charge is -2.26. The van der Waals surface area contributed by atoms with Crippen LogP contribution in [-0.4, -0.2) is 75.6 Å². The van der Waals surface area contributed by atoms with E-state index in [9.17, 15) is 13.2 Å². The van der Waals surface area contributed by atoms with E-state index in [2.05, 4.69) is 10.00 Å². The van der Waals surface area contributed by atoms with Crippen molar-refractivity contribution in [1.29, 1.82) is 0 Å². The van der Waals surface area contributed by atoms with Gasteiger partial charge in [-0.1, -0.05) is 0 Å². The molecular formula is C24H28N4O6S. The summed E-state index contributed by atoms with van der Waals surface area (Å²) in [5.74, 6) is 0.166. The van der Waals surface area contributed by atoms with Crippen LogP contribution in [0.1, 0.15) is 16.9 Å². The molecule has 186 valence electrons. The third-order valence-electron chi connectivity index (χ3n) is 5.67. The maximum absolute atomic E-state index is 12.8. The van der Waals surface area contributed by atoms with Gasteiger partial charge in [0.05, 0.1) is 43.2 Å². The Balaban J connectivity index is 1.54. The summed E-state index contributed by atoms with van der Waals surface area (Å²) in [5, 5.41) is 9.67. The van der Waals surface area contributed by atoms with Gasteiger partial charge in [0.2, 0.25) is 10.0 Å². The fourth-order valence-corrected chi connectivity index (χ4v) is 4.29. The second kappa shape index (κ2) is 11.0. The number of morpholine rings is 1. The van der Waals surface area contributed by atoms with Crippen LogP contribution >= 0.6 is 0 Å². The molecule has 3 aromatic rings. The number of primary sulfonamides is 1. The van der Waals surface area contributed by atoms with Gasteiger partial charge in [0, 0.05) is 25.2 Å². The molecule has 0 spiro atoms. The number of benzene rings is 2. The van der Waals surface area contributed by atoms with Crippen molar-refractivity contribution in [2.24, 2.45) is 5.14 Å². The van der Waals surface area contributed by atoms with Crippen LogP contribution < -0.4 is 9.88 Å². The number of hydrogen-bond acceptors (Lipinski definition) is 8. The highest BCUT2D eigenvalue weighted by Gasteiger charge is 2.19. The lowest BCUT2D eigenvalue weighted by molar-refractivity contribution is 0.0296.